The number of nitrogens with one attached hydrogen (secondary N) is 1. The predicted octanol–water partition coefficient (Wildman–Crippen LogP) is 6.74. The largest absolute Gasteiger partial charge is 0.490 e. The van der Waals surface area contributed by atoms with Crippen LogP contribution in [-0.4, -0.2) is 58.4 Å². The maximum atomic E-state index is 14.5. The van der Waals surface area contributed by atoms with Crippen LogP contribution in [0, 0.1) is 5.82 Å². The number of carboxylic acids is 1. The molecule has 2 N–H and O–H groups in total. The van der Waals surface area contributed by atoms with Crippen molar-refractivity contribution in [2.24, 2.45) is 0 Å². The predicted molar refractivity (Wildman–Crippen MR) is 155 cm³/mol. The van der Waals surface area contributed by atoms with Gasteiger partial charge in [0.25, 0.3) is 0 Å². The summed E-state index contributed by atoms with van der Waals surface area (Å²) in [6, 6.07) is 15.7. The Balaban J connectivity index is 0.000000777. The van der Waals surface area contributed by atoms with Crippen LogP contribution >= 0.6 is 23.2 Å². The molecule has 2 saturated heterocycles. The fourth-order valence-corrected chi connectivity index (χ4v) is 4.99. The Morgan fingerprint density at radius 2 is 1.88 bits per heavy atom. The van der Waals surface area contributed by atoms with E-state index in [0.717, 1.165) is 50.5 Å². The van der Waals surface area contributed by atoms with Crippen molar-refractivity contribution < 1.29 is 28.5 Å². The number of H-pyrrole nitrogens is 1. The van der Waals surface area contributed by atoms with Gasteiger partial charge in [0.1, 0.15) is 35.6 Å². The number of benzene rings is 3. The zero-order valence-electron chi connectivity index (χ0n) is 22.2. The molecular weight excluding hydrogens is 572 g/mol. The summed E-state index contributed by atoms with van der Waals surface area (Å²) in [4.78, 5) is 20.8. The number of aromatic nitrogens is 2. The number of fused-ring (bicyclic) bond motifs is 1. The first-order valence-electron chi connectivity index (χ1n) is 13.4. The zero-order chi connectivity index (χ0) is 28.8. The van der Waals surface area contributed by atoms with Crippen LogP contribution < -0.4 is 9.47 Å². The topological polar surface area (TPSA) is 96.9 Å². The molecule has 0 aliphatic carbocycles. The molecule has 0 spiro atoms. The van der Waals surface area contributed by atoms with Gasteiger partial charge in [-0.05, 0) is 67.3 Å². The normalized spacial score (nSPS) is 15.6. The molecule has 11 heteroatoms. The summed E-state index contributed by atoms with van der Waals surface area (Å²) >= 11 is 12.1. The van der Waals surface area contributed by atoms with E-state index in [2.05, 4.69) is 14.9 Å². The van der Waals surface area contributed by atoms with Crippen LogP contribution in [0.1, 0.15) is 41.0 Å². The van der Waals surface area contributed by atoms with Gasteiger partial charge in [0.2, 0.25) is 0 Å². The molecule has 3 heterocycles. The number of aromatic carboxylic acids is 1. The van der Waals surface area contributed by atoms with Gasteiger partial charge in [0.15, 0.2) is 5.82 Å². The monoisotopic (exact) mass is 601 g/mol. The molecule has 2 aliphatic rings. The molecule has 3 aromatic carbocycles. The third-order valence-electron chi connectivity index (χ3n) is 6.85. The van der Waals surface area contributed by atoms with E-state index in [4.69, 9.17) is 42.5 Å². The molecule has 2 fully saturated rings. The lowest BCUT2D eigenvalue weighted by Gasteiger charge is -2.31. The van der Waals surface area contributed by atoms with Gasteiger partial charge in [-0.3, -0.25) is 4.90 Å². The highest BCUT2D eigenvalue weighted by molar-refractivity contribution is 6.35. The molecular formula is C30H30Cl2FN3O5. The van der Waals surface area contributed by atoms with E-state index in [1.54, 1.807) is 24.3 Å². The highest BCUT2D eigenvalue weighted by atomic mass is 35.5. The first kappa shape index (κ1) is 29.1. The molecule has 216 valence electrons. The highest BCUT2D eigenvalue weighted by Gasteiger charge is 2.23. The summed E-state index contributed by atoms with van der Waals surface area (Å²) in [5.41, 5.74) is 1.12. The molecule has 0 atom stereocenters. The average molecular weight is 602 g/mol. The number of carboxylic acid groups (broad SMARTS) is 1. The zero-order valence-corrected chi connectivity index (χ0v) is 23.8. The summed E-state index contributed by atoms with van der Waals surface area (Å²) < 4.78 is 31.2. The van der Waals surface area contributed by atoms with Crippen LogP contribution in [-0.2, 0) is 17.9 Å². The first-order chi connectivity index (χ1) is 19.9. The van der Waals surface area contributed by atoms with E-state index >= 15 is 0 Å². The number of aromatic amines is 1. The van der Waals surface area contributed by atoms with E-state index < -0.39 is 11.8 Å². The summed E-state index contributed by atoms with van der Waals surface area (Å²) in [6.07, 6.45) is 3.02. The molecule has 1 aromatic heterocycles. The second-order valence-corrected chi connectivity index (χ2v) is 10.7. The van der Waals surface area contributed by atoms with E-state index in [-0.39, 0.29) is 17.2 Å². The Morgan fingerprint density at radius 3 is 2.56 bits per heavy atom. The number of rotatable bonds is 8. The second-order valence-electron chi connectivity index (χ2n) is 9.88. The van der Waals surface area contributed by atoms with Gasteiger partial charge in [-0.25, -0.2) is 14.2 Å². The first-order valence-corrected chi connectivity index (χ1v) is 14.2. The van der Waals surface area contributed by atoms with E-state index in [9.17, 15) is 9.18 Å². The lowest BCUT2D eigenvalue weighted by molar-refractivity contribution is 0.0367. The van der Waals surface area contributed by atoms with Crippen molar-refractivity contribution in [2.45, 2.75) is 38.5 Å². The quantitative estimate of drug-likeness (QED) is 0.231. The average Bonchev–Trinajstić information content (AvgIpc) is 3.32. The van der Waals surface area contributed by atoms with Crippen LogP contribution in [0.5, 0.6) is 11.5 Å². The number of hydrogen-bond acceptors (Lipinski definition) is 6. The Hall–Kier alpha value is -3.37. The molecule has 0 amide bonds. The van der Waals surface area contributed by atoms with Crippen molar-refractivity contribution in [3.63, 3.8) is 0 Å². The molecule has 0 unspecified atom stereocenters. The minimum Gasteiger partial charge on any atom is -0.490 e. The lowest BCUT2D eigenvalue weighted by Crippen LogP contribution is -2.38. The molecule has 0 saturated carbocycles. The Bertz CT molecular complexity index is 1500. The van der Waals surface area contributed by atoms with Gasteiger partial charge < -0.3 is 24.3 Å². The molecule has 8 nitrogen and oxygen atoms in total. The Kier molecular flexibility index (Phi) is 9.61. The van der Waals surface area contributed by atoms with Crippen molar-refractivity contribution >= 4 is 40.2 Å². The number of imidazole rings is 1. The fraction of sp³-hybridized carbons (Fsp3) is 0.333. The van der Waals surface area contributed by atoms with Gasteiger partial charge in [-0.1, -0.05) is 35.3 Å². The minimum atomic E-state index is -1.31. The van der Waals surface area contributed by atoms with E-state index in [0.29, 0.717) is 40.3 Å². The van der Waals surface area contributed by atoms with Gasteiger partial charge >= 0.3 is 5.97 Å². The number of hydrogen-bond donors (Lipinski definition) is 2. The lowest BCUT2D eigenvalue weighted by atomic mass is 10.1. The van der Waals surface area contributed by atoms with Gasteiger partial charge in [0.05, 0.1) is 22.6 Å². The maximum absolute atomic E-state index is 14.5. The maximum Gasteiger partial charge on any atom is 0.338 e. The van der Waals surface area contributed by atoms with Gasteiger partial charge in [0, 0.05) is 31.3 Å². The number of halogens is 3. The summed E-state index contributed by atoms with van der Waals surface area (Å²) in [6.45, 7) is 4.46. The van der Waals surface area contributed by atoms with Crippen molar-refractivity contribution in [3.8, 4) is 11.5 Å². The molecule has 0 bridgehead atoms. The molecule has 41 heavy (non-hydrogen) atoms. The van der Waals surface area contributed by atoms with Crippen LogP contribution in [0.25, 0.3) is 11.0 Å². The highest BCUT2D eigenvalue weighted by Crippen LogP contribution is 2.29. The summed E-state index contributed by atoms with van der Waals surface area (Å²) in [5.74, 6) is -0.175. The smallest absolute Gasteiger partial charge is 0.338 e. The van der Waals surface area contributed by atoms with Crippen LogP contribution in [0.15, 0.2) is 54.6 Å². The van der Waals surface area contributed by atoms with E-state index in [1.807, 2.05) is 24.3 Å². The van der Waals surface area contributed by atoms with E-state index in [1.165, 1.54) is 12.5 Å². The van der Waals surface area contributed by atoms with Crippen LogP contribution in [0.4, 0.5) is 4.39 Å². The van der Waals surface area contributed by atoms with Crippen LogP contribution in [0.3, 0.4) is 0 Å². The summed E-state index contributed by atoms with van der Waals surface area (Å²) in [7, 11) is 0. The SMILES string of the molecule is C1COC1.O=C(O)c1ccc2[nH]c(CN3CCC(Oc4cccc(COc5ccc(Cl)cc5Cl)c4)CC3)nc2c1F. The number of likely N-dealkylation sites (tertiary alicyclic amines) is 1. The Morgan fingerprint density at radius 1 is 1.12 bits per heavy atom. The third kappa shape index (κ3) is 7.68. The molecule has 0 radical (unpaired) electrons. The summed E-state index contributed by atoms with van der Waals surface area (Å²) in [5, 5.41) is 10.1. The number of piperidine rings is 1. The second kappa shape index (κ2) is 13.5. The van der Waals surface area contributed by atoms with Crippen molar-refractivity contribution in [1.82, 2.24) is 14.9 Å². The molecule has 2 aliphatic heterocycles. The van der Waals surface area contributed by atoms with Crippen molar-refractivity contribution in [1.29, 1.82) is 0 Å². The minimum absolute atomic E-state index is 0.0512. The van der Waals surface area contributed by atoms with Crippen LogP contribution in [0.2, 0.25) is 10.0 Å². The van der Waals surface area contributed by atoms with Crippen molar-refractivity contribution in [2.75, 3.05) is 26.3 Å². The molecule has 4 aromatic rings. The Labute approximate surface area is 246 Å². The number of carbonyl (C=O) groups is 1. The fourth-order valence-electron chi connectivity index (χ4n) is 4.53. The number of nitrogens with zero attached hydrogens (tertiary/aromatic N) is 2. The van der Waals surface area contributed by atoms with Gasteiger partial charge in [-0.2, -0.15) is 0 Å². The molecule has 6 rings (SSSR count). The third-order valence-corrected chi connectivity index (χ3v) is 7.38. The standard InChI is InChI=1S/C27H24Cl2FN3O4.C3H6O/c28-17-4-7-23(21(29)13-17)36-15-16-2-1-3-19(12-16)37-18-8-10-33(11-9-18)14-24-31-22-6-5-20(27(34)35)25(30)26(22)32-24;1-2-4-3-1/h1-7,12-13,18H,8-11,14-15H2,(H,31,32)(H,34,35);1-3H2. The van der Waals surface area contributed by atoms with Crippen molar-refractivity contribution in [3.05, 3.63) is 87.4 Å². The van der Waals surface area contributed by atoms with Gasteiger partial charge in [-0.15, -0.1) is 0 Å². The number of ether oxygens (including phenoxy) is 3.